The third kappa shape index (κ3) is 1.94. The van der Waals surface area contributed by atoms with E-state index in [1.807, 2.05) is 12.1 Å². The molecular formula is C15H16N4O2. The van der Waals surface area contributed by atoms with Crippen LogP contribution in [0.1, 0.15) is 6.42 Å². The van der Waals surface area contributed by atoms with Gasteiger partial charge in [0, 0.05) is 42.7 Å². The van der Waals surface area contributed by atoms with Crippen molar-refractivity contribution in [1.29, 1.82) is 0 Å². The topological polar surface area (TPSA) is 62.5 Å². The Hall–Kier alpha value is -2.21. The number of rotatable bonds is 2. The van der Waals surface area contributed by atoms with Gasteiger partial charge in [0.1, 0.15) is 5.82 Å². The van der Waals surface area contributed by atoms with Gasteiger partial charge in [0.05, 0.1) is 10.4 Å². The molecule has 108 valence electrons. The summed E-state index contributed by atoms with van der Waals surface area (Å²) in [7, 11) is 2.18. The molecule has 0 spiro atoms. The second kappa shape index (κ2) is 4.39. The third-order valence-corrected chi connectivity index (χ3v) is 4.68. The Morgan fingerprint density at radius 3 is 2.76 bits per heavy atom. The molecule has 2 atom stereocenters. The minimum absolute atomic E-state index is 0.110. The number of pyridine rings is 1. The van der Waals surface area contributed by atoms with E-state index in [-0.39, 0.29) is 10.6 Å². The molecule has 1 aromatic heterocycles. The molecule has 2 aromatic rings. The van der Waals surface area contributed by atoms with Crippen LogP contribution in [0.3, 0.4) is 0 Å². The van der Waals surface area contributed by atoms with Crippen LogP contribution in [-0.2, 0) is 0 Å². The maximum absolute atomic E-state index is 10.8. The van der Waals surface area contributed by atoms with E-state index >= 15 is 0 Å². The highest BCUT2D eigenvalue weighted by Gasteiger charge is 2.41. The highest BCUT2D eigenvalue weighted by molar-refractivity contribution is 5.82. The largest absolute Gasteiger partial charge is 0.351 e. The van der Waals surface area contributed by atoms with Crippen molar-refractivity contribution >= 4 is 22.4 Å². The van der Waals surface area contributed by atoms with Crippen molar-refractivity contribution in [2.75, 3.05) is 25.0 Å². The molecule has 2 aliphatic rings. The van der Waals surface area contributed by atoms with E-state index in [9.17, 15) is 10.1 Å². The van der Waals surface area contributed by atoms with E-state index in [1.165, 1.54) is 12.5 Å². The summed E-state index contributed by atoms with van der Waals surface area (Å²) >= 11 is 0. The number of nitro benzene ring substituents is 1. The van der Waals surface area contributed by atoms with Crippen LogP contribution >= 0.6 is 0 Å². The lowest BCUT2D eigenvalue weighted by Gasteiger charge is -2.32. The van der Waals surface area contributed by atoms with Gasteiger partial charge in [0.25, 0.3) is 5.69 Å². The fraction of sp³-hybridized carbons (Fsp3) is 0.400. The van der Waals surface area contributed by atoms with E-state index in [0.717, 1.165) is 29.8 Å². The highest BCUT2D eigenvalue weighted by atomic mass is 16.6. The van der Waals surface area contributed by atoms with Crippen LogP contribution in [0.15, 0.2) is 30.3 Å². The molecule has 2 saturated heterocycles. The number of benzene rings is 1. The molecule has 4 rings (SSSR count). The predicted molar refractivity (Wildman–Crippen MR) is 80.6 cm³/mol. The van der Waals surface area contributed by atoms with E-state index in [0.29, 0.717) is 12.1 Å². The predicted octanol–water partition coefficient (Wildman–Crippen LogP) is 2.04. The van der Waals surface area contributed by atoms with E-state index in [4.69, 9.17) is 0 Å². The van der Waals surface area contributed by atoms with E-state index < -0.39 is 0 Å². The maximum atomic E-state index is 10.8. The van der Waals surface area contributed by atoms with Gasteiger partial charge in [-0.2, -0.15) is 0 Å². The smallest absolute Gasteiger partial charge is 0.270 e. The van der Waals surface area contributed by atoms with Gasteiger partial charge in [0.15, 0.2) is 0 Å². The van der Waals surface area contributed by atoms with Gasteiger partial charge in [-0.1, -0.05) is 0 Å². The molecule has 6 heteroatoms. The van der Waals surface area contributed by atoms with Gasteiger partial charge >= 0.3 is 0 Å². The van der Waals surface area contributed by atoms with Crippen LogP contribution in [0.2, 0.25) is 0 Å². The minimum atomic E-state index is -0.372. The number of aromatic nitrogens is 1. The van der Waals surface area contributed by atoms with Gasteiger partial charge in [-0.3, -0.25) is 15.0 Å². The van der Waals surface area contributed by atoms with Crippen LogP contribution in [0.5, 0.6) is 0 Å². The zero-order chi connectivity index (χ0) is 14.6. The van der Waals surface area contributed by atoms with Gasteiger partial charge in [0.2, 0.25) is 0 Å². The summed E-state index contributed by atoms with van der Waals surface area (Å²) in [5, 5.41) is 11.6. The highest BCUT2D eigenvalue weighted by Crippen LogP contribution is 2.33. The molecule has 0 N–H and O–H groups in total. The molecule has 21 heavy (non-hydrogen) atoms. The Balaban J connectivity index is 1.69. The first-order chi connectivity index (χ1) is 10.1. The molecule has 1 aromatic carbocycles. The molecule has 6 nitrogen and oxygen atoms in total. The quantitative estimate of drug-likeness (QED) is 0.624. The average Bonchev–Trinajstić information content (AvgIpc) is 3.05. The number of hydrogen-bond donors (Lipinski definition) is 0. The Bertz CT molecular complexity index is 731. The number of anilines is 1. The summed E-state index contributed by atoms with van der Waals surface area (Å²) in [4.78, 5) is 19.9. The fourth-order valence-electron chi connectivity index (χ4n) is 3.52. The summed E-state index contributed by atoms with van der Waals surface area (Å²) in [6.07, 6.45) is 1.20. The molecule has 0 saturated carbocycles. The molecule has 0 aliphatic carbocycles. The van der Waals surface area contributed by atoms with Crippen LogP contribution < -0.4 is 4.90 Å². The fourth-order valence-corrected chi connectivity index (χ4v) is 3.52. The summed E-state index contributed by atoms with van der Waals surface area (Å²) in [5.74, 6) is 0.983. The van der Waals surface area contributed by atoms with Crippen molar-refractivity contribution in [2.24, 2.45) is 0 Å². The second-order valence-corrected chi connectivity index (χ2v) is 5.94. The van der Waals surface area contributed by atoms with Crippen molar-refractivity contribution < 1.29 is 4.92 Å². The Morgan fingerprint density at radius 2 is 2.10 bits per heavy atom. The molecule has 0 amide bonds. The van der Waals surface area contributed by atoms with Gasteiger partial charge in [-0.05, 0) is 31.7 Å². The molecule has 3 heterocycles. The Labute approximate surface area is 122 Å². The van der Waals surface area contributed by atoms with Crippen molar-refractivity contribution in [3.05, 3.63) is 40.4 Å². The number of non-ortho nitro benzene ring substituents is 1. The number of nitro groups is 1. The SMILES string of the molecule is CN1C[C@@H]2C[C@H]1CN2c1ccc2cc([N+](=O)[O-])ccc2n1. The molecule has 2 fully saturated rings. The first kappa shape index (κ1) is 12.5. The number of likely N-dealkylation sites (tertiary alicyclic amines) is 1. The van der Waals surface area contributed by atoms with Crippen LogP contribution in [0, 0.1) is 10.1 Å². The van der Waals surface area contributed by atoms with Crippen LogP contribution in [0.4, 0.5) is 11.5 Å². The first-order valence-corrected chi connectivity index (χ1v) is 7.14. The summed E-state index contributed by atoms with van der Waals surface area (Å²) in [5.41, 5.74) is 0.924. The average molecular weight is 284 g/mol. The number of likely N-dealkylation sites (N-methyl/N-ethyl adjacent to an activating group) is 1. The molecule has 2 aliphatic heterocycles. The number of hydrogen-bond acceptors (Lipinski definition) is 5. The number of nitrogens with zero attached hydrogens (tertiary/aromatic N) is 4. The van der Waals surface area contributed by atoms with Crippen LogP contribution in [-0.4, -0.2) is 47.0 Å². The molecule has 0 radical (unpaired) electrons. The van der Waals surface area contributed by atoms with Gasteiger partial charge in [-0.15, -0.1) is 0 Å². The van der Waals surface area contributed by atoms with Crippen molar-refractivity contribution in [3.63, 3.8) is 0 Å². The van der Waals surface area contributed by atoms with Crippen molar-refractivity contribution in [3.8, 4) is 0 Å². The molecular weight excluding hydrogens is 268 g/mol. The molecule has 2 bridgehead atoms. The standard InChI is InChI=1S/C15H16N4O2/c1-17-8-13-7-12(17)9-18(13)15-5-2-10-6-11(19(20)21)3-4-14(10)16-15/h2-6,12-13H,7-9H2,1H3/t12-,13-/m0/s1. The van der Waals surface area contributed by atoms with E-state index in [1.54, 1.807) is 12.1 Å². The number of piperazine rings is 1. The molecule has 0 unspecified atom stereocenters. The first-order valence-electron chi connectivity index (χ1n) is 7.14. The van der Waals surface area contributed by atoms with Crippen molar-refractivity contribution in [2.45, 2.75) is 18.5 Å². The number of fused-ring (bicyclic) bond motifs is 3. The zero-order valence-corrected chi connectivity index (χ0v) is 11.8. The van der Waals surface area contributed by atoms with Crippen molar-refractivity contribution in [1.82, 2.24) is 9.88 Å². The minimum Gasteiger partial charge on any atom is -0.351 e. The van der Waals surface area contributed by atoms with Gasteiger partial charge < -0.3 is 4.90 Å². The normalized spacial score (nSPS) is 24.9. The van der Waals surface area contributed by atoms with Gasteiger partial charge in [-0.25, -0.2) is 4.98 Å². The zero-order valence-electron chi connectivity index (χ0n) is 11.8. The van der Waals surface area contributed by atoms with E-state index in [2.05, 4.69) is 21.8 Å². The third-order valence-electron chi connectivity index (χ3n) is 4.68. The lowest BCUT2D eigenvalue weighted by atomic mass is 10.2. The lowest BCUT2D eigenvalue weighted by molar-refractivity contribution is -0.384. The second-order valence-electron chi connectivity index (χ2n) is 5.94. The summed E-state index contributed by atoms with van der Waals surface area (Å²) in [6, 6.07) is 9.91. The van der Waals surface area contributed by atoms with Crippen LogP contribution in [0.25, 0.3) is 10.9 Å². The Kier molecular flexibility index (Phi) is 2.62. The Morgan fingerprint density at radius 1 is 1.24 bits per heavy atom. The lowest BCUT2D eigenvalue weighted by Crippen LogP contribution is -2.44. The summed E-state index contributed by atoms with van der Waals surface area (Å²) in [6.45, 7) is 2.11. The monoisotopic (exact) mass is 284 g/mol. The maximum Gasteiger partial charge on any atom is 0.270 e. The summed E-state index contributed by atoms with van der Waals surface area (Å²) < 4.78 is 0.